The molecule has 3 N–H and O–H groups in total. The van der Waals surface area contributed by atoms with Crippen molar-refractivity contribution in [2.45, 2.75) is 11.3 Å². The van der Waals surface area contributed by atoms with Crippen molar-refractivity contribution in [3.63, 3.8) is 0 Å². The van der Waals surface area contributed by atoms with Crippen molar-refractivity contribution < 1.29 is 22.3 Å². The molecule has 3 aromatic carbocycles. The molecule has 0 saturated carbocycles. The van der Waals surface area contributed by atoms with Gasteiger partial charge in [0.2, 0.25) is 15.9 Å². The van der Waals surface area contributed by atoms with E-state index < -0.39 is 21.7 Å². The second-order valence-electron chi connectivity index (χ2n) is 6.19. The Kier molecular flexibility index (Phi) is 6.62. The van der Waals surface area contributed by atoms with E-state index in [1.54, 1.807) is 18.2 Å². The van der Waals surface area contributed by atoms with Crippen molar-refractivity contribution in [3.05, 3.63) is 82.1 Å². The molecule has 10 heteroatoms. The van der Waals surface area contributed by atoms with Gasteiger partial charge in [-0.3, -0.25) is 4.79 Å². The van der Waals surface area contributed by atoms with Crippen LogP contribution < -0.4 is 15.2 Å². The van der Waals surface area contributed by atoms with Crippen LogP contribution in [0.25, 0.3) is 0 Å². The molecule has 0 bridgehead atoms. The first-order chi connectivity index (χ1) is 14.1. The molecular weight excluding hydrogens is 454 g/mol. The molecule has 156 valence electrons. The number of primary sulfonamides is 1. The number of ether oxygens (including phenoxy) is 1. The molecule has 0 heterocycles. The van der Waals surface area contributed by atoms with E-state index in [9.17, 15) is 17.6 Å². The molecule has 0 radical (unpaired) electrons. The van der Waals surface area contributed by atoms with Gasteiger partial charge in [0, 0.05) is 21.3 Å². The molecule has 0 saturated heterocycles. The number of nitrogens with one attached hydrogen (secondary N) is 1. The number of benzene rings is 3. The van der Waals surface area contributed by atoms with Gasteiger partial charge in [0.15, 0.2) is 0 Å². The van der Waals surface area contributed by atoms with Crippen LogP contribution in [-0.4, -0.2) is 14.3 Å². The summed E-state index contributed by atoms with van der Waals surface area (Å²) in [5.74, 6) is -0.952. The first-order valence-corrected chi connectivity index (χ1v) is 10.8. The highest BCUT2D eigenvalue weighted by atomic mass is 35.5. The van der Waals surface area contributed by atoms with Gasteiger partial charge in [-0.25, -0.2) is 17.9 Å². The Bertz CT molecular complexity index is 1200. The summed E-state index contributed by atoms with van der Waals surface area (Å²) >= 11 is 11.8. The Labute approximate surface area is 182 Å². The highest BCUT2D eigenvalue weighted by Crippen LogP contribution is 2.32. The fraction of sp³-hybridized carbons (Fsp3) is 0.0500. The van der Waals surface area contributed by atoms with Crippen LogP contribution in [0.15, 0.2) is 65.6 Å². The van der Waals surface area contributed by atoms with E-state index in [1.165, 1.54) is 36.4 Å². The number of carbonyl (C=O) groups is 1. The largest absolute Gasteiger partial charge is 0.456 e. The number of hydrogen-bond donors (Lipinski definition) is 2. The van der Waals surface area contributed by atoms with Gasteiger partial charge >= 0.3 is 0 Å². The molecule has 0 spiro atoms. The molecule has 0 aromatic heterocycles. The summed E-state index contributed by atoms with van der Waals surface area (Å²) in [6, 6.07) is 14.4. The summed E-state index contributed by atoms with van der Waals surface area (Å²) in [6.07, 6.45) is -0.336. The number of anilines is 1. The van der Waals surface area contributed by atoms with Crippen LogP contribution in [0.4, 0.5) is 10.1 Å². The summed E-state index contributed by atoms with van der Waals surface area (Å²) in [7, 11) is -4.18. The zero-order chi connectivity index (χ0) is 21.9. The van der Waals surface area contributed by atoms with Gasteiger partial charge in [0.25, 0.3) is 0 Å². The summed E-state index contributed by atoms with van der Waals surface area (Å²) in [6.45, 7) is 0. The second-order valence-corrected chi connectivity index (χ2v) is 8.56. The van der Waals surface area contributed by atoms with E-state index in [0.717, 1.165) is 6.07 Å². The minimum Gasteiger partial charge on any atom is -0.456 e. The minimum atomic E-state index is -4.18. The summed E-state index contributed by atoms with van der Waals surface area (Å²) in [4.78, 5) is 12.0. The maximum Gasteiger partial charge on any atom is 0.241 e. The van der Waals surface area contributed by atoms with Crippen LogP contribution in [0.5, 0.6) is 11.5 Å². The number of amides is 1. The molecule has 3 aromatic rings. The lowest BCUT2D eigenvalue weighted by atomic mass is 10.1. The number of nitrogens with two attached hydrogens (primary N) is 1. The van der Waals surface area contributed by atoms with Crippen molar-refractivity contribution in [1.82, 2.24) is 0 Å². The third-order valence-corrected chi connectivity index (χ3v) is 5.48. The van der Waals surface area contributed by atoms with E-state index >= 15 is 0 Å². The number of carbonyl (C=O) groups excluding carboxylic acids is 1. The Morgan fingerprint density at radius 3 is 2.47 bits per heavy atom. The number of sulfonamides is 1. The maximum absolute atomic E-state index is 13.9. The van der Waals surface area contributed by atoms with Crippen LogP contribution in [0.3, 0.4) is 0 Å². The second kappa shape index (κ2) is 9.01. The quantitative estimate of drug-likeness (QED) is 0.544. The number of hydrogen-bond acceptors (Lipinski definition) is 4. The van der Waals surface area contributed by atoms with E-state index in [2.05, 4.69) is 5.32 Å². The predicted octanol–water partition coefficient (Wildman–Crippen LogP) is 4.75. The van der Waals surface area contributed by atoms with Crippen LogP contribution >= 0.6 is 23.2 Å². The molecule has 0 atom stereocenters. The standard InChI is InChI=1S/C20H15Cl2FN2O4S/c21-12-3-1-4-14(9-12)29-18-8-7-13(10-19(18)30(24,27)28)25-20(26)11-15-16(22)5-2-6-17(15)23/h1-10H,11H2,(H,25,26)(H2,24,27,28). The number of halogens is 3. The third kappa shape index (κ3) is 5.48. The van der Waals surface area contributed by atoms with Crippen molar-refractivity contribution in [2.24, 2.45) is 5.14 Å². The normalized spacial score (nSPS) is 11.2. The lowest BCUT2D eigenvalue weighted by Gasteiger charge is -2.13. The van der Waals surface area contributed by atoms with Crippen molar-refractivity contribution in [1.29, 1.82) is 0 Å². The van der Waals surface area contributed by atoms with Gasteiger partial charge in [0.1, 0.15) is 22.2 Å². The molecule has 0 aliphatic carbocycles. The van der Waals surface area contributed by atoms with Gasteiger partial charge in [-0.15, -0.1) is 0 Å². The van der Waals surface area contributed by atoms with Gasteiger partial charge < -0.3 is 10.1 Å². The van der Waals surface area contributed by atoms with Gasteiger partial charge in [-0.2, -0.15) is 0 Å². The monoisotopic (exact) mass is 468 g/mol. The highest BCUT2D eigenvalue weighted by molar-refractivity contribution is 7.89. The average Bonchev–Trinajstić information content (AvgIpc) is 2.65. The van der Waals surface area contributed by atoms with Gasteiger partial charge in [-0.05, 0) is 48.5 Å². The minimum absolute atomic E-state index is 0.0317. The molecule has 0 aliphatic rings. The van der Waals surface area contributed by atoms with E-state index in [-0.39, 0.29) is 33.3 Å². The maximum atomic E-state index is 13.9. The predicted molar refractivity (Wildman–Crippen MR) is 113 cm³/mol. The first kappa shape index (κ1) is 22.0. The molecule has 1 amide bonds. The van der Waals surface area contributed by atoms with Crippen molar-refractivity contribution in [3.8, 4) is 11.5 Å². The Hall–Kier alpha value is -2.65. The molecule has 0 aliphatic heterocycles. The fourth-order valence-corrected chi connectivity index (χ4v) is 3.71. The zero-order valence-electron chi connectivity index (χ0n) is 15.2. The molecule has 0 fully saturated rings. The Morgan fingerprint density at radius 2 is 1.80 bits per heavy atom. The van der Waals surface area contributed by atoms with Gasteiger partial charge in [-0.1, -0.05) is 35.3 Å². The lowest BCUT2D eigenvalue weighted by molar-refractivity contribution is -0.115. The van der Waals surface area contributed by atoms with E-state index in [0.29, 0.717) is 10.8 Å². The van der Waals surface area contributed by atoms with E-state index in [1.807, 2.05) is 0 Å². The number of rotatable bonds is 6. The fourth-order valence-electron chi connectivity index (χ4n) is 2.62. The summed E-state index contributed by atoms with van der Waals surface area (Å²) in [5.41, 5.74) is 0.166. The van der Waals surface area contributed by atoms with E-state index in [4.69, 9.17) is 33.1 Å². The molecule has 30 heavy (non-hydrogen) atoms. The first-order valence-electron chi connectivity index (χ1n) is 8.46. The zero-order valence-corrected chi connectivity index (χ0v) is 17.6. The summed E-state index contributed by atoms with van der Waals surface area (Å²) in [5, 5.41) is 8.30. The third-order valence-electron chi connectivity index (χ3n) is 3.96. The van der Waals surface area contributed by atoms with Crippen LogP contribution in [0, 0.1) is 5.82 Å². The van der Waals surface area contributed by atoms with Crippen molar-refractivity contribution >= 4 is 44.8 Å². The highest BCUT2D eigenvalue weighted by Gasteiger charge is 2.19. The summed E-state index contributed by atoms with van der Waals surface area (Å²) < 4.78 is 43.5. The van der Waals surface area contributed by atoms with Crippen molar-refractivity contribution in [2.75, 3.05) is 5.32 Å². The topological polar surface area (TPSA) is 98.5 Å². The molecule has 3 rings (SSSR count). The molecule has 6 nitrogen and oxygen atoms in total. The van der Waals surface area contributed by atoms with Crippen LogP contribution in [0.1, 0.15) is 5.56 Å². The Balaban J connectivity index is 1.85. The van der Waals surface area contributed by atoms with Gasteiger partial charge in [0.05, 0.1) is 6.42 Å². The lowest BCUT2D eigenvalue weighted by Crippen LogP contribution is -2.17. The SMILES string of the molecule is NS(=O)(=O)c1cc(NC(=O)Cc2c(F)cccc2Cl)ccc1Oc1cccc(Cl)c1. The molecule has 0 unspecified atom stereocenters. The molecular formula is C20H15Cl2FN2O4S. The van der Waals surface area contributed by atoms with Crippen LogP contribution in [-0.2, 0) is 21.2 Å². The average molecular weight is 469 g/mol. The Morgan fingerprint density at radius 1 is 1.07 bits per heavy atom. The smallest absolute Gasteiger partial charge is 0.241 e. The van der Waals surface area contributed by atoms with Crippen LogP contribution in [0.2, 0.25) is 10.0 Å².